The first-order chi connectivity index (χ1) is 15.0. The molecule has 158 valence electrons. The van der Waals surface area contributed by atoms with Gasteiger partial charge < -0.3 is 15.6 Å². The Morgan fingerprint density at radius 1 is 0.968 bits per heavy atom. The Bertz CT molecular complexity index is 1320. The van der Waals surface area contributed by atoms with Gasteiger partial charge in [0, 0.05) is 54.7 Å². The first kappa shape index (κ1) is 19.8. The van der Waals surface area contributed by atoms with Crippen LogP contribution in [0.25, 0.3) is 21.0 Å². The van der Waals surface area contributed by atoms with E-state index < -0.39 is 0 Å². The van der Waals surface area contributed by atoms with Gasteiger partial charge in [-0.15, -0.1) is 11.3 Å². The first-order valence-corrected chi connectivity index (χ1v) is 11.3. The van der Waals surface area contributed by atoms with Crippen molar-refractivity contribution >= 4 is 43.9 Å². The summed E-state index contributed by atoms with van der Waals surface area (Å²) in [6.45, 7) is 4.98. The molecule has 0 atom stereocenters. The molecule has 0 saturated carbocycles. The maximum atomic E-state index is 11.6. The molecule has 4 aromatic rings. The molecule has 1 saturated heterocycles. The second-order valence-corrected chi connectivity index (χ2v) is 9.10. The number of hydrogen-bond donors (Lipinski definition) is 2. The summed E-state index contributed by atoms with van der Waals surface area (Å²) in [7, 11) is 0. The highest BCUT2D eigenvalue weighted by atomic mass is 32.1. The van der Waals surface area contributed by atoms with E-state index in [1.165, 1.54) is 22.6 Å². The second kappa shape index (κ2) is 8.17. The summed E-state index contributed by atoms with van der Waals surface area (Å²) >= 11 is 1.45. The van der Waals surface area contributed by atoms with Gasteiger partial charge in [0.1, 0.15) is 0 Å². The van der Waals surface area contributed by atoms with Gasteiger partial charge in [0.2, 0.25) is 5.56 Å². The SMILES string of the molecule is NC(=O)c1cc2cc(N3CCN(CCc4ccc5ccc(=O)[nH]c5c4)CC3)ccc2s1. The molecule has 1 fully saturated rings. The third-order valence-electron chi connectivity index (χ3n) is 5.99. The van der Waals surface area contributed by atoms with Crippen LogP contribution in [0.2, 0.25) is 0 Å². The number of nitrogens with two attached hydrogens (primary N) is 1. The largest absolute Gasteiger partial charge is 0.369 e. The number of amides is 1. The van der Waals surface area contributed by atoms with E-state index in [1.807, 2.05) is 12.1 Å². The third kappa shape index (κ3) is 4.19. The number of aromatic amines is 1. The predicted octanol–water partition coefficient (Wildman–Crippen LogP) is 3.21. The monoisotopic (exact) mass is 432 g/mol. The fourth-order valence-electron chi connectivity index (χ4n) is 4.22. The number of pyridine rings is 1. The molecular formula is C24H24N4O2S. The van der Waals surface area contributed by atoms with Crippen molar-refractivity contribution in [2.75, 3.05) is 37.6 Å². The van der Waals surface area contributed by atoms with Crippen molar-refractivity contribution in [3.63, 3.8) is 0 Å². The number of piperazine rings is 1. The normalized spacial score (nSPS) is 15.0. The lowest BCUT2D eigenvalue weighted by Crippen LogP contribution is -2.47. The Labute approximate surface area is 183 Å². The Kier molecular flexibility index (Phi) is 5.21. The molecule has 1 aliphatic rings. The molecule has 0 radical (unpaired) electrons. The number of aromatic nitrogens is 1. The fraction of sp³-hybridized carbons (Fsp3) is 0.250. The number of carbonyl (C=O) groups is 1. The smallest absolute Gasteiger partial charge is 0.258 e. The number of anilines is 1. The number of rotatable bonds is 5. The number of benzene rings is 2. The van der Waals surface area contributed by atoms with E-state index in [-0.39, 0.29) is 11.5 Å². The van der Waals surface area contributed by atoms with Crippen LogP contribution < -0.4 is 16.2 Å². The molecule has 7 heteroatoms. The highest BCUT2D eigenvalue weighted by Gasteiger charge is 2.18. The van der Waals surface area contributed by atoms with Crippen LogP contribution in [0, 0.1) is 0 Å². The summed E-state index contributed by atoms with van der Waals surface area (Å²) < 4.78 is 1.09. The molecule has 5 rings (SSSR count). The van der Waals surface area contributed by atoms with Crippen molar-refractivity contribution in [1.29, 1.82) is 0 Å². The standard InChI is InChI=1S/C24H24N4O2S/c25-24(30)22-15-18-14-19(4-5-21(18)31-22)28-11-9-27(10-12-28)8-7-16-1-2-17-3-6-23(29)26-20(17)13-16/h1-6,13-15H,7-12H2,(H2,25,30)(H,26,29). The van der Waals surface area contributed by atoms with Crippen LogP contribution in [-0.2, 0) is 6.42 Å². The summed E-state index contributed by atoms with van der Waals surface area (Å²) in [6, 6.07) is 18.0. The zero-order valence-corrected chi connectivity index (χ0v) is 18.0. The average molecular weight is 433 g/mol. The summed E-state index contributed by atoms with van der Waals surface area (Å²) in [5.41, 5.74) is 8.69. The molecule has 1 aliphatic heterocycles. The average Bonchev–Trinajstić information content (AvgIpc) is 3.21. The van der Waals surface area contributed by atoms with Gasteiger partial charge in [-0.1, -0.05) is 12.1 Å². The van der Waals surface area contributed by atoms with Gasteiger partial charge in [-0.2, -0.15) is 0 Å². The lowest BCUT2D eigenvalue weighted by molar-refractivity contribution is 0.100. The Morgan fingerprint density at radius 3 is 2.58 bits per heavy atom. The molecule has 1 amide bonds. The van der Waals surface area contributed by atoms with Gasteiger partial charge in [0.25, 0.3) is 5.91 Å². The molecular weight excluding hydrogens is 408 g/mol. The van der Waals surface area contributed by atoms with E-state index in [4.69, 9.17) is 5.73 Å². The Morgan fingerprint density at radius 2 is 1.77 bits per heavy atom. The van der Waals surface area contributed by atoms with Crippen molar-refractivity contribution in [2.45, 2.75) is 6.42 Å². The zero-order valence-electron chi connectivity index (χ0n) is 17.1. The number of hydrogen-bond acceptors (Lipinski definition) is 5. The van der Waals surface area contributed by atoms with E-state index in [0.717, 1.165) is 60.1 Å². The zero-order chi connectivity index (χ0) is 21.4. The molecule has 2 aromatic heterocycles. The molecule has 2 aromatic carbocycles. The van der Waals surface area contributed by atoms with Crippen molar-refractivity contribution < 1.29 is 4.79 Å². The number of H-pyrrole nitrogens is 1. The Balaban J connectivity index is 1.20. The number of thiophene rings is 1. The third-order valence-corrected chi connectivity index (χ3v) is 7.12. The summed E-state index contributed by atoms with van der Waals surface area (Å²) in [5.74, 6) is -0.367. The number of fused-ring (bicyclic) bond motifs is 2. The molecule has 3 N–H and O–H groups in total. The lowest BCUT2D eigenvalue weighted by atomic mass is 10.1. The van der Waals surface area contributed by atoms with Gasteiger partial charge in [0.05, 0.1) is 4.88 Å². The van der Waals surface area contributed by atoms with Gasteiger partial charge in [-0.25, -0.2) is 0 Å². The highest BCUT2D eigenvalue weighted by molar-refractivity contribution is 7.20. The minimum atomic E-state index is -0.367. The lowest BCUT2D eigenvalue weighted by Gasteiger charge is -2.36. The van der Waals surface area contributed by atoms with Crippen LogP contribution in [0.1, 0.15) is 15.2 Å². The van der Waals surface area contributed by atoms with E-state index >= 15 is 0 Å². The van der Waals surface area contributed by atoms with E-state index in [2.05, 4.69) is 51.2 Å². The van der Waals surface area contributed by atoms with Crippen LogP contribution >= 0.6 is 11.3 Å². The number of primary amides is 1. The first-order valence-electron chi connectivity index (χ1n) is 10.5. The van der Waals surface area contributed by atoms with Crippen molar-refractivity contribution in [3.05, 3.63) is 75.4 Å². The summed E-state index contributed by atoms with van der Waals surface area (Å²) in [4.78, 5) is 31.4. The summed E-state index contributed by atoms with van der Waals surface area (Å²) in [5, 5.41) is 2.13. The van der Waals surface area contributed by atoms with Crippen molar-refractivity contribution in [1.82, 2.24) is 9.88 Å². The quantitative estimate of drug-likeness (QED) is 0.507. The maximum absolute atomic E-state index is 11.6. The second-order valence-electron chi connectivity index (χ2n) is 8.02. The van der Waals surface area contributed by atoms with Crippen molar-refractivity contribution in [3.8, 4) is 0 Å². The van der Waals surface area contributed by atoms with Gasteiger partial charge >= 0.3 is 0 Å². The number of nitrogens with zero attached hydrogens (tertiary/aromatic N) is 2. The van der Waals surface area contributed by atoms with Gasteiger partial charge in [0.15, 0.2) is 0 Å². The molecule has 0 unspecified atom stereocenters. The van der Waals surface area contributed by atoms with Crippen LogP contribution in [0.3, 0.4) is 0 Å². The predicted molar refractivity (Wildman–Crippen MR) is 127 cm³/mol. The van der Waals surface area contributed by atoms with Crippen LogP contribution in [0.15, 0.2) is 59.4 Å². The topological polar surface area (TPSA) is 82.4 Å². The molecule has 6 nitrogen and oxygen atoms in total. The summed E-state index contributed by atoms with van der Waals surface area (Å²) in [6.07, 6.45) is 0.962. The molecule has 0 bridgehead atoms. The molecule has 31 heavy (non-hydrogen) atoms. The van der Waals surface area contributed by atoms with Crippen LogP contribution in [0.5, 0.6) is 0 Å². The van der Waals surface area contributed by atoms with E-state index in [9.17, 15) is 9.59 Å². The number of carbonyl (C=O) groups excluding carboxylic acids is 1. The van der Waals surface area contributed by atoms with E-state index in [1.54, 1.807) is 6.07 Å². The van der Waals surface area contributed by atoms with Gasteiger partial charge in [-0.05, 0) is 59.2 Å². The Hall–Kier alpha value is -3.16. The fourth-order valence-corrected chi connectivity index (χ4v) is 5.11. The van der Waals surface area contributed by atoms with Crippen molar-refractivity contribution in [2.24, 2.45) is 5.73 Å². The van der Waals surface area contributed by atoms with E-state index in [0.29, 0.717) is 4.88 Å². The minimum absolute atomic E-state index is 0.0627. The van der Waals surface area contributed by atoms with Crippen LogP contribution in [-0.4, -0.2) is 48.5 Å². The minimum Gasteiger partial charge on any atom is -0.369 e. The van der Waals surface area contributed by atoms with Crippen LogP contribution in [0.4, 0.5) is 5.69 Å². The molecule has 3 heterocycles. The van der Waals surface area contributed by atoms with Gasteiger partial charge in [-0.3, -0.25) is 14.5 Å². The maximum Gasteiger partial charge on any atom is 0.258 e. The highest BCUT2D eigenvalue weighted by Crippen LogP contribution is 2.29. The molecule has 0 aliphatic carbocycles. The molecule has 0 spiro atoms. The number of nitrogens with one attached hydrogen (secondary N) is 1.